The van der Waals surface area contributed by atoms with Gasteiger partial charge in [-0.15, -0.1) is 0 Å². The Bertz CT molecular complexity index is 422. The van der Waals surface area contributed by atoms with Gasteiger partial charge in [-0.25, -0.2) is 0 Å². The molecule has 0 saturated heterocycles. The second-order valence-corrected chi connectivity index (χ2v) is 4.22. The molecule has 1 atom stereocenters. The van der Waals surface area contributed by atoms with Crippen molar-refractivity contribution in [3.05, 3.63) is 23.8 Å². The lowest BCUT2D eigenvalue weighted by molar-refractivity contribution is -0.175. The van der Waals surface area contributed by atoms with E-state index in [0.717, 1.165) is 5.56 Å². The first kappa shape index (κ1) is 16.6. The fourth-order valence-electron chi connectivity index (χ4n) is 1.49. The fourth-order valence-corrected chi connectivity index (χ4v) is 1.49. The van der Waals surface area contributed by atoms with Gasteiger partial charge < -0.3 is 19.9 Å². The van der Waals surface area contributed by atoms with Gasteiger partial charge in [0.25, 0.3) is 0 Å². The molecule has 1 aromatic carbocycles. The van der Waals surface area contributed by atoms with Gasteiger partial charge in [0.05, 0.1) is 13.7 Å². The first-order chi connectivity index (χ1) is 9.33. The topological polar surface area (TPSA) is 53.7 Å². The van der Waals surface area contributed by atoms with Crippen molar-refractivity contribution in [2.24, 2.45) is 5.73 Å². The zero-order valence-electron chi connectivity index (χ0n) is 11.4. The van der Waals surface area contributed by atoms with Gasteiger partial charge in [-0.05, 0) is 24.6 Å². The SMILES string of the molecule is COc1cc(C(C)N)ccc1OCCOCC(F)(F)F. The third-order valence-corrected chi connectivity index (χ3v) is 2.46. The molecule has 0 fully saturated rings. The van der Waals surface area contributed by atoms with Gasteiger partial charge >= 0.3 is 6.18 Å². The van der Waals surface area contributed by atoms with E-state index in [1.807, 2.05) is 6.92 Å². The summed E-state index contributed by atoms with van der Waals surface area (Å²) in [6, 6.07) is 5.03. The zero-order chi connectivity index (χ0) is 15.2. The minimum absolute atomic E-state index is 0.00393. The van der Waals surface area contributed by atoms with Gasteiger partial charge in [0, 0.05) is 6.04 Å². The lowest BCUT2D eigenvalue weighted by Gasteiger charge is -2.14. The van der Waals surface area contributed by atoms with Crippen LogP contribution in [0.5, 0.6) is 11.5 Å². The van der Waals surface area contributed by atoms with E-state index < -0.39 is 12.8 Å². The van der Waals surface area contributed by atoms with Crippen LogP contribution >= 0.6 is 0 Å². The summed E-state index contributed by atoms with van der Waals surface area (Å²) in [4.78, 5) is 0. The second kappa shape index (κ2) is 7.35. The van der Waals surface area contributed by atoms with Crippen molar-refractivity contribution in [2.75, 3.05) is 26.9 Å². The van der Waals surface area contributed by atoms with Crippen LogP contribution in [0.2, 0.25) is 0 Å². The van der Waals surface area contributed by atoms with Crippen LogP contribution in [0.25, 0.3) is 0 Å². The highest BCUT2D eigenvalue weighted by Gasteiger charge is 2.27. The molecule has 0 saturated carbocycles. The molecule has 0 aliphatic carbocycles. The maximum absolute atomic E-state index is 11.8. The third-order valence-electron chi connectivity index (χ3n) is 2.46. The Balaban J connectivity index is 2.47. The van der Waals surface area contributed by atoms with Crippen LogP contribution in [-0.2, 0) is 4.74 Å². The summed E-state index contributed by atoms with van der Waals surface area (Å²) in [7, 11) is 1.48. The Hall–Kier alpha value is -1.47. The van der Waals surface area contributed by atoms with Gasteiger partial charge in [0.2, 0.25) is 0 Å². The molecule has 0 aliphatic heterocycles. The van der Waals surface area contributed by atoms with Crippen LogP contribution in [0.3, 0.4) is 0 Å². The summed E-state index contributed by atoms with van der Waals surface area (Å²) in [6.45, 7) is 0.402. The predicted molar refractivity (Wildman–Crippen MR) is 68.0 cm³/mol. The van der Waals surface area contributed by atoms with Crippen LogP contribution in [-0.4, -0.2) is 33.1 Å². The summed E-state index contributed by atoms with van der Waals surface area (Å²) >= 11 is 0. The normalized spacial score (nSPS) is 13.1. The summed E-state index contributed by atoms with van der Waals surface area (Å²) in [5, 5.41) is 0. The molecule has 0 bridgehead atoms. The van der Waals surface area contributed by atoms with Crippen LogP contribution in [0, 0.1) is 0 Å². The average Bonchev–Trinajstić information content (AvgIpc) is 2.36. The van der Waals surface area contributed by atoms with E-state index in [1.54, 1.807) is 18.2 Å². The third kappa shape index (κ3) is 5.66. The molecule has 0 spiro atoms. The number of benzene rings is 1. The molecule has 1 unspecified atom stereocenters. The molecule has 7 heteroatoms. The minimum atomic E-state index is -4.32. The number of halogens is 3. The van der Waals surface area contributed by atoms with Crippen LogP contribution in [0.4, 0.5) is 13.2 Å². The van der Waals surface area contributed by atoms with E-state index in [-0.39, 0.29) is 19.3 Å². The van der Waals surface area contributed by atoms with E-state index in [2.05, 4.69) is 4.74 Å². The number of hydrogen-bond acceptors (Lipinski definition) is 4. The van der Waals surface area contributed by atoms with Gasteiger partial charge in [-0.2, -0.15) is 13.2 Å². The Morgan fingerprint density at radius 2 is 1.90 bits per heavy atom. The van der Waals surface area contributed by atoms with E-state index in [0.29, 0.717) is 11.5 Å². The van der Waals surface area contributed by atoms with Crippen LogP contribution in [0.1, 0.15) is 18.5 Å². The molecule has 0 heterocycles. The highest BCUT2D eigenvalue weighted by molar-refractivity contribution is 5.43. The number of alkyl halides is 3. The standard InChI is InChI=1S/C13H18F3NO3/c1-9(17)10-3-4-11(12(7-10)18-2)20-6-5-19-8-13(14,15)16/h3-4,7,9H,5-6,8,17H2,1-2H3. The van der Waals surface area contributed by atoms with Crippen molar-refractivity contribution in [3.63, 3.8) is 0 Å². The van der Waals surface area contributed by atoms with Gasteiger partial charge in [0.1, 0.15) is 13.2 Å². The quantitative estimate of drug-likeness (QED) is 0.785. The Kier molecular flexibility index (Phi) is 6.09. The summed E-state index contributed by atoms with van der Waals surface area (Å²) in [5.74, 6) is 0.920. The van der Waals surface area contributed by atoms with Gasteiger partial charge in [0.15, 0.2) is 11.5 Å². The van der Waals surface area contributed by atoms with Crippen molar-refractivity contribution >= 4 is 0 Å². The average molecular weight is 293 g/mol. The van der Waals surface area contributed by atoms with E-state index in [1.165, 1.54) is 7.11 Å². The van der Waals surface area contributed by atoms with Crippen LogP contribution in [0.15, 0.2) is 18.2 Å². The zero-order valence-corrected chi connectivity index (χ0v) is 11.4. The monoisotopic (exact) mass is 293 g/mol. The van der Waals surface area contributed by atoms with E-state index >= 15 is 0 Å². The van der Waals surface area contributed by atoms with Crippen molar-refractivity contribution in [2.45, 2.75) is 19.1 Å². The fraction of sp³-hybridized carbons (Fsp3) is 0.538. The molecular formula is C13H18F3NO3. The molecule has 0 aliphatic rings. The molecule has 2 N–H and O–H groups in total. The minimum Gasteiger partial charge on any atom is -0.493 e. The number of methoxy groups -OCH3 is 1. The molecule has 114 valence electrons. The Labute approximate surface area is 115 Å². The smallest absolute Gasteiger partial charge is 0.411 e. The number of ether oxygens (including phenoxy) is 3. The Morgan fingerprint density at radius 1 is 1.20 bits per heavy atom. The molecule has 0 radical (unpaired) electrons. The predicted octanol–water partition coefficient (Wildman–Crippen LogP) is 2.67. The maximum Gasteiger partial charge on any atom is 0.411 e. The summed E-state index contributed by atoms with van der Waals surface area (Å²) < 4.78 is 50.5. The molecule has 1 rings (SSSR count). The lowest BCUT2D eigenvalue weighted by atomic mass is 10.1. The van der Waals surface area contributed by atoms with Crippen molar-refractivity contribution in [1.82, 2.24) is 0 Å². The van der Waals surface area contributed by atoms with Crippen LogP contribution < -0.4 is 15.2 Å². The maximum atomic E-state index is 11.8. The van der Waals surface area contributed by atoms with Gasteiger partial charge in [-0.3, -0.25) is 0 Å². The lowest BCUT2D eigenvalue weighted by Crippen LogP contribution is -2.19. The van der Waals surface area contributed by atoms with E-state index in [9.17, 15) is 13.2 Å². The Morgan fingerprint density at radius 3 is 2.45 bits per heavy atom. The van der Waals surface area contributed by atoms with E-state index in [4.69, 9.17) is 15.2 Å². The molecular weight excluding hydrogens is 275 g/mol. The number of nitrogens with two attached hydrogens (primary N) is 1. The van der Waals surface area contributed by atoms with Crippen molar-refractivity contribution in [3.8, 4) is 11.5 Å². The second-order valence-electron chi connectivity index (χ2n) is 4.22. The molecule has 0 amide bonds. The largest absolute Gasteiger partial charge is 0.493 e. The van der Waals surface area contributed by atoms with Crippen molar-refractivity contribution in [1.29, 1.82) is 0 Å². The first-order valence-electron chi connectivity index (χ1n) is 6.04. The molecule has 4 nitrogen and oxygen atoms in total. The number of rotatable bonds is 7. The van der Waals surface area contributed by atoms with Gasteiger partial charge in [-0.1, -0.05) is 6.07 Å². The first-order valence-corrected chi connectivity index (χ1v) is 6.04. The molecule has 20 heavy (non-hydrogen) atoms. The molecule has 1 aromatic rings. The summed E-state index contributed by atoms with van der Waals surface area (Å²) in [5.41, 5.74) is 6.62. The van der Waals surface area contributed by atoms with Crippen molar-refractivity contribution < 1.29 is 27.4 Å². The summed E-state index contributed by atoms with van der Waals surface area (Å²) in [6.07, 6.45) is -4.32. The molecule has 0 aromatic heterocycles. The number of hydrogen-bond donors (Lipinski definition) is 1. The highest BCUT2D eigenvalue weighted by Crippen LogP contribution is 2.29. The highest BCUT2D eigenvalue weighted by atomic mass is 19.4.